The Bertz CT molecular complexity index is 4850. The van der Waals surface area contributed by atoms with Gasteiger partial charge in [-0.1, -0.05) is 121 Å². The largest absolute Gasteiger partial charge is 0.309 e. The van der Waals surface area contributed by atoms with Crippen molar-refractivity contribution in [3.8, 4) is 39.3 Å². The summed E-state index contributed by atoms with van der Waals surface area (Å²) >= 11 is 3.75. The zero-order valence-corrected chi connectivity index (χ0v) is 40.6. The molecular formula is C66H40N4S2. The highest BCUT2D eigenvalue weighted by Crippen LogP contribution is 2.46. The molecule has 0 bridgehead atoms. The topological polar surface area (TPSA) is 27.7 Å². The SMILES string of the molecule is Cc1ccc2c3cc(-c4cc(-n5c6ccccc6c6ccccc65)cc5c4sc4ccncc45)ccc3n(-c3ccc4sc5c(-c6cccc(-n7c8ccccc8c8ccccc87)c6)cccc5c4c3)c2c1. The number of aryl methyl sites for hydroxylation is 1. The molecular weight excluding hydrogens is 913 g/mol. The van der Waals surface area contributed by atoms with E-state index in [2.05, 4.69) is 238 Å². The lowest BCUT2D eigenvalue weighted by Gasteiger charge is -2.13. The maximum Gasteiger partial charge on any atom is 0.0543 e. The van der Waals surface area contributed by atoms with Crippen LogP contribution in [0.15, 0.2) is 225 Å². The van der Waals surface area contributed by atoms with E-state index in [0.29, 0.717) is 0 Å². The van der Waals surface area contributed by atoms with E-state index in [1.807, 2.05) is 35.1 Å². The van der Waals surface area contributed by atoms with Crippen molar-refractivity contribution in [3.05, 3.63) is 230 Å². The molecule has 0 radical (unpaired) electrons. The number of hydrogen-bond donors (Lipinski definition) is 0. The van der Waals surface area contributed by atoms with Crippen LogP contribution in [-0.4, -0.2) is 18.7 Å². The van der Waals surface area contributed by atoms with Gasteiger partial charge in [0, 0.05) is 108 Å². The minimum atomic E-state index is 1.15. The lowest BCUT2D eigenvalue weighted by atomic mass is 9.99. The van der Waals surface area contributed by atoms with Crippen LogP contribution in [0.3, 0.4) is 0 Å². The number of benzene rings is 10. The van der Waals surface area contributed by atoms with Gasteiger partial charge >= 0.3 is 0 Å². The van der Waals surface area contributed by atoms with E-state index >= 15 is 0 Å². The minimum Gasteiger partial charge on any atom is -0.309 e. The molecule has 0 saturated carbocycles. The zero-order valence-electron chi connectivity index (χ0n) is 39.0. The second-order valence-electron chi connectivity index (χ2n) is 19.2. The summed E-state index contributed by atoms with van der Waals surface area (Å²) < 4.78 is 12.4. The maximum atomic E-state index is 4.62. The third kappa shape index (κ3) is 5.70. The molecule has 4 nitrogen and oxygen atoms in total. The first-order valence-electron chi connectivity index (χ1n) is 24.5. The molecule has 0 N–H and O–H groups in total. The standard InChI is InChI=1S/C66H40N4S2/c1-39-24-27-50-53-34-41(52-36-44(37-55-56-38-67-31-30-64(56)72-66(52)55)70-59-22-8-4-16-48(59)49-17-5-9-23-60(49)70)25-28-61(53)69(62(50)32-39)43-26-29-63-54(35-43)51-19-11-18-45(65(51)71-63)40-12-10-13-42(33-40)68-57-20-6-2-14-46(57)47-15-3-7-21-58(47)68/h2-38H,1H3. The Hall–Kier alpha value is -8.81. The first-order chi connectivity index (χ1) is 35.6. The summed E-state index contributed by atoms with van der Waals surface area (Å²) in [5.74, 6) is 0. The molecule has 0 unspecified atom stereocenters. The van der Waals surface area contributed by atoms with Crippen molar-refractivity contribution in [1.29, 1.82) is 0 Å². The van der Waals surface area contributed by atoms with Gasteiger partial charge in [-0.15, -0.1) is 22.7 Å². The molecule has 0 spiro atoms. The molecule has 0 aliphatic carbocycles. The normalized spacial score (nSPS) is 12.2. The molecule has 0 atom stereocenters. The van der Waals surface area contributed by atoms with Gasteiger partial charge < -0.3 is 13.7 Å². The van der Waals surface area contributed by atoms with Crippen LogP contribution in [0.5, 0.6) is 0 Å². The van der Waals surface area contributed by atoms with E-state index in [0.717, 1.165) is 17.1 Å². The van der Waals surface area contributed by atoms with Crippen LogP contribution in [-0.2, 0) is 0 Å². The molecule has 16 aromatic rings. The predicted molar refractivity (Wildman–Crippen MR) is 309 cm³/mol. The highest BCUT2D eigenvalue weighted by molar-refractivity contribution is 7.26. The third-order valence-corrected chi connectivity index (χ3v) is 17.6. The quantitative estimate of drug-likeness (QED) is 0.169. The maximum absolute atomic E-state index is 4.62. The molecule has 6 heteroatoms. The molecule has 72 heavy (non-hydrogen) atoms. The number of pyridine rings is 1. The van der Waals surface area contributed by atoms with Crippen LogP contribution >= 0.6 is 22.7 Å². The lowest BCUT2D eigenvalue weighted by Crippen LogP contribution is -1.95. The third-order valence-electron chi connectivity index (χ3n) is 15.2. The van der Waals surface area contributed by atoms with E-state index in [9.17, 15) is 0 Å². The average molecular weight is 953 g/mol. The van der Waals surface area contributed by atoms with E-state index in [4.69, 9.17) is 0 Å². The summed E-state index contributed by atoms with van der Waals surface area (Å²) in [4.78, 5) is 4.62. The van der Waals surface area contributed by atoms with Crippen LogP contribution in [0.2, 0.25) is 0 Å². The van der Waals surface area contributed by atoms with Crippen LogP contribution in [0.1, 0.15) is 5.56 Å². The monoisotopic (exact) mass is 952 g/mol. The fraction of sp³-hybridized carbons (Fsp3) is 0.0152. The number of rotatable bonds is 5. The summed E-state index contributed by atoms with van der Waals surface area (Å²) in [7, 11) is 0. The van der Waals surface area contributed by atoms with Gasteiger partial charge in [0.15, 0.2) is 0 Å². The average Bonchev–Trinajstić information content (AvgIpc) is 4.24. The summed E-state index contributed by atoms with van der Waals surface area (Å²) in [5, 5.41) is 12.5. The van der Waals surface area contributed by atoms with E-state index in [1.54, 1.807) is 0 Å². The fourth-order valence-electron chi connectivity index (χ4n) is 12.0. The second-order valence-corrected chi connectivity index (χ2v) is 21.3. The van der Waals surface area contributed by atoms with Crippen molar-refractivity contribution in [1.82, 2.24) is 18.7 Å². The van der Waals surface area contributed by atoms with Crippen molar-refractivity contribution < 1.29 is 0 Å². The smallest absolute Gasteiger partial charge is 0.0543 e. The van der Waals surface area contributed by atoms with Crippen molar-refractivity contribution in [2.75, 3.05) is 0 Å². The van der Waals surface area contributed by atoms with Crippen molar-refractivity contribution in [2.45, 2.75) is 6.92 Å². The number of para-hydroxylation sites is 4. The number of thiophene rings is 2. The highest BCUT2D eigenvalue weighted by atomic mass is 32.1. The summed E-state index contributed by atoms with van der Waals surface area (Å²) in [5.41, 5.74) is 16.8. The number of aromatic nitrogens is 4. The van der Waals surface area contributed by atoms with Gasteiger partial charge in [-0.3, -0.25) is 4.98 Å². The molecule has 0 aliphatic rings. The Morgan fingerprint density at radius 2 is 0.875 bits per heavy atom. The van der Waals surface area contributed by atoms with Crippen LogP contribution in [0, 0.1) is 6.92 Å². The van der Waals surface area contributed by atoms with Crippen molar-refractivity contribution in [2.24, 2.45) is 0 Å². The van der Waals surface area contributed by atoms with Crippen LogP contribution in [0.25, 0.3) is 145 Å². The van der Waals surface area contributed by atoms with E-state index in [-0.39, 0.29) is 0 Å². The molecule has 16 rings (SSSR count). The Balaban J connectivity index is 0.863. The highest BCUT2D eigenvalue weighted by Gasteiger charge is 2.21. The first kappa shape index (κ1) is 40.0. The molecule has 0 aliphatic heterocycles. The molecule has 0 saturated heterocycles. The second kappa shape index (κ2) is 15.1. The fourth-order valence-corrected chi connectivity index (χ4v) is 14.4. The molecule has 0 fully saturated rings. The van der Waals surface area contributed by atoms with Crippen LogP contribution in [0.4, 0.5) is 0 Å². The van der Waals surface area contributed by atoms with Gasteiger partial charge in [-0.2, -0.15) is 0 Å². The van der Waals surface area contributed by atoms with Crippen LogP contribution < -0.4 is 0 Å². The number of hydrogen-bond acceptors (Lipinski definition) is 3. The first-order valence-corrected chi connectivity index (χ1v) is 26.1. The molecule has 6 heterocycles. The summed E-state index contributed by atoms with van der Waals surface area (Å²) in [6, 6.07) is 79.0. The Labute approximate surface area is 421 Å². The van der Waals surface area contributed by atoms with Gasteiger partial charge in [0.1, 0.15) is 0 Å². The predicted octanol–water partition coefficient (Wildman–Crippen LogP) is 18.8. The Kier molecular flexibility index (Phi) is 8.38. The zero-order chi connectivity index (χ0) is 47.2. The van der Waals surface area contributed by atoms with Crippen molar-refractivity contribution in [3.63, 3.8) is 0 Å². The molecule has 10 aromatic carbocycles. The minimum absolute atomic E-state index is 1.15. The molecule has 6 aromatic heterocycles. The van der Waals surface area contributed by atoms with Gasteiger partial charge in [0.25, 0.3) is 0 Å². The summed E-state index contributed by atoms with van der Waals surface area (Å²) in [6.45, 7) is 2.20. The lowest BCUT2D eigenvalue weighted by molar-refractivity contribution is 1.18. The Morgan fingerprint density at radius 1 is 0.319 bits per heavy atom. The molecule has 0 amide bonds. The van der Waals surface area contributed by atoms with Gasteiger partial charge in [-0.25, -0.2) is 0 Å². The summed E-state index contributed by atoms with van der Waals surface area (Å²) in [6.07, 6.45) is 3.95. The van der Waals surface area contributed by atoms with Gasteiger partial charge in [0.05, 0.1) is 33.1 Å². The number of nitrogens with zero attached hydrogens (tertiary/aromatic N) is 4. The Morgan fingerprint density at radius 3 is 1.60 bits per heavy atom. The van der Waals surface area contributed by atoms with Crippen molar-refractivity contribution >= 4 is 128 Å². The van der Waals surface area contributed by atoms with Gasteiger partial charge in [0.2, 0.25) is 0 Å². The van der Waals surface area contributed by atoms with E-state index < -0.39 is 0 Å². The number of fused-ring (bicyclic) bond motifs is 15. The van der Waals surface area contributed by atoms with Gasteiger partial charge in [-0.05, 0) is 120 Å². The van der Waals surface area contributed by atoms with E-state index in [1.165, 1.54) is 134 Å². The molecule has 336 valence electrons.